The number of rotatable bonds is 4. The minimum Gasteiger partial charge on any atom is -0.507 e. The Morgan fingerprint density at radius 2 is 1.86 bits per heavy atom. The molecule has 0 bridgehead atoms. The summed E-state index contributed by atoms with van der Waals surface area (Å²) in [5, 5.41) is 26.2. The number of primary sulfonamides is 1. The Hall–Kier alpha value is -3.17. The molecule has 1 aliphatic rings. The third-order valence-corrected chi connectivity index (χ3v) is 5.59. The SMILES string of the molecule is Cn1cc(C2CC(c3ccccc3O)=NN2c2ccc(S(N)(=O)=O)cc2)cn1. The highest BCUT2D eigenvalue weighted by Gasteiger charge is 2.31. The van der Waals surface area contributed by atoms with Crippen molar-refractivity contribution in [2.75, 3.05) is 5.01 Å². The molecule has 0 amide bonds. The highest BCUT2D eigenvalue weighted by atomic mass is 32.2. The van der Waals surface area contributed by atoms with E-state index in [4.69, 9.17) is 10.2 Å². The second-order valence-corrected chi connectivity index (χ2v) is 8.18. The van der Waals surface area contributed by atoms with Gasteiger partial charge in [0.25, 0.3) is 0 Å². The number of phenols is 1. The number of sulfonamides is 1. The van der Waals surface area contributed by atoms with E-state index in [0.29, 0.717) is 17.7 Å². The summed E-state index contributed by atoms with van der Waals surface area (Å²) in [4.78, 5) is 0.0401. The molecule has 0 saturated carbocycles. The van der Waals surface area contributed by atoms with E-state index in [2.05, 4.69) is 5.10 Å². The van der Waals surface area contributed by atoms with Gasteiger partial charge >= 0.3 is 0 Å². The van der Waals surface area contributed by atoms with Gasteiger partial charge in [-0.1, -0.05) is 12.1 Å². The van der Waals surface area contributed by atoms with Crippen molar-refractivity contribution < 1.29 is 13.5 Å². The average Bonchev–Trinajstić information content (AvgIpc) is 3.28. The van der Waals surface area contributed by atoms with Crippen molar-refractivity contribution in [3.63, 3.8) is 0 Å². The van der Waals surface area contributed by atoms with Crippen LogP contribution in [0, 0.1) is 0 Å². The molecule has 0 saturated heterocycles. The number of hydrazone groups is 1. The monoisotopic (exact) mass is 397 g/mol. The standard InChI is InChI=1S/C19H19N5O3S/c1-23-12-13(11-21-23)18-10-17(16-4-2-3-5-19(16)25)22-24(18)14-6-8-15(9-7-14)28(20,26)27/h2-9,11-12,18,25H,10H2,1H3,(H2,20,26,27). The van der Waals surface area contributed by atoms with Crippen molar-refractivity contribution in [2.45, 2.75) is 17.4 Å². The Kier molecular flexibility index (Phi) is 4.40. The molecule has 0 radical (unpaired) electrons. The van der Waals surface area contributed by atoms with Crippen molar-refractivity contribution in [3.8, 4) is 5.75 Å². The lowest BCUT2D eigenvalue weighted by molar-refractivity contribution is 0.474. The minimum absolute atomic E-state index is 0.0401. The van der Waals surface area contributed by atoms with E-state index in [1.807, 2.05) is 30.4 Å². The Labute approximate surface area is 162 Å². The van der Waals surface area contributed by atoms with Gasteiger partial charge in [0.1, 0.15) is 5.75 Å². The second-order valence-electron chi connectivity index (χ2n) is 6.61. The summed E-state index contributed by atoms with van der Waals surface area (Å²) in [5.74, 6) is 0.164. The fourth-order valence-electron chi connectivity index (χ4n) is 3.29. The zero-order valence-corrected chi connectivity index (χ0v) is 15.9. The van der Waals surface area contributed by atoms with Crippen LogP contribution in [0.5, 0.6) is 5.75 Å². The molecular formula is C19H19N5O3S. The first kappa shape index (κ1) is 18.2. The molecule has 0 fully saturated rings. The Bertz CT molecular complexity index is 1150. The van der Waals surface area contributed by atoms with Crippen LogP contribution in [-0.4, -0.2) is 29.0 Å². The minimum atomic E-state index is -3.77. The number of nitrogens with two attached hydrogens (primary N) is 1. The van der Waals surface area contributed by atoms with E-state index in [1.165, 1.54) is 12.1 Å². The Morgan fingerprint density at radius 1 is 1.14 bits per heavy atom. The maximum absolute atomic E-state index is 11.5. The van der Waals surface area contributed by atoms with E-state index in [0.717, 1.165) is 11.3 Å². The highest BCUT2D eigenvalue weighted by Crippen LogP contribution is 2.38. The maximum Gasteiger partial charge on any atom is 0.238 e. The molecule has 1 unspecified atom stereocenters. The first-order valence-corrected chi connectivity index (χ1v) is 10.1. The van der Waals surface area contributed by atoms with Gasteiger partial charge in [-0.05, 0) is 36.4 Å². The van der Waals surface area contributed by atoms with Crippen LogP contribution >= 0.6 is 0 Å². The summed E-state index contributed by atoms with van der Waals surface area (Å²) in [6, 6.07) is 13.2. The molecule has 144 valence electrons. The van der Waals surface area contributed by atoms with Gasteiger partial charge in [0, 0.05) is 30.8 Å². The molecule has 0 spiro atoms. The number of benzene rings is 2. The lowest BCUT2D eigenvalue weighted by atomic mass is 10.00. The molecule has 0 aliphatic carbocycles. The third-order valence-electron chi connectivity index (χ3n) is 4.66. The Morgan fingerprint density at radius 3 is 2.46 bits per heavy atom. The molecule has 2 heterocycles. The number of nitrogens with zero attached hydrogens (tertiary/aromatic N) is 4. The van der Waals surface area contributed by atoms with Gasteiger partial charge in [-0.2, -0.15) is 10.2 Å². The zero-order chi connectivity index (χ0) is 19.9. The van der Waals surface area contributed by atoms with Gasteiger partial charge < -0.3 is 5.11 Å². The second kappa shape index (κ2) is 6.77. The van der Waals surface area contributed by atoms with E-state index in [1.54, 1.807) is 35.1 Å². The smallest absolute Gasteiger partial charge is 0.238 e. The molecule has 2 aromatic carbocycles. The fraction of sp³-hybridized carbons (Fsp3) is 0.158. The van der Waals surface area contributed by atoms with Gasteiger partial charge in [-0.3, -0.25) is 9.69 Å². The first-order valence-electron chi connectivity index (χ1n) is 8.59. The van der Waals surface area contributed by atoms with Crippen molar-refractivity contribution >= 4 is 21.4 Å². The summed E-state index contributed by atoms with van der Waals surface area (Å²) in [5.41, 5.74) is 3.08. The predicted molar refractivity (Wildman–Crippen MR) is 106 cm³/mol. The maximum atomic E-state index is 11.5. The fourth-order valence-corrected chi connectivity index (χ4v) is 3.80. The molecule has 3 aromatic rings. The molecule has 9 heteroatoms. The molecule has 1 aliphatic heterocycles. The van der Waals surface area contributed by atoms with Crippen molar-refractivity contribution in [1.29, 1.82) is 0 Å². The number of aromatic hydroxyl groups is 1. The van der Waals surface area contributed by atoms with Crippen LogP contribution in [0.1, 0.15) is 23.6 Å². The van der Waals surface area contributed by atoms with Gasteiger partial charge in [-0.25, -0.2) is 13.6 Å². The number of hydrogen-bond acceptors (Lipinski definition) is 6. The molecule has 3 N–H and O–H groups in total. The zero-order valence-electron chi connectivity index (χ0n) is 15.1. The summed E-state index contributed by atoms with van der Waals surface area (Å²) in [6.45, 7) is 0. The van der Waals surface area contributed by atoms with E-state index < -0.39 is 10.0 Å². The first-order chi connectivity index (χ1) is 13.3. The van der Waals surface area contributed by atoms with E-state index >= 15 is 0 Å². The van der Waals surface area contributed by atoms with E-state index in [-0.39, 0.29) is 16.7 Å². The number of phenolic OH excluding ortho intramolecular Hbond substituents is 1. The van der Waals surface area contributed by atoms with Crippen LogP contribution < -0.4 is 10.1 Å². The summed E-state index contributed by atoms with van der Waals surface area (Å²) in [6.07, 6.45) is 4.26. The van der Waals surface area contributed by atoms with Crippen LogP contribution in [0.2, 0.25) is 0 Å². The van der Waals surface area contributed by atoms with Crippen molar-refractivity contribution in [3.05, 3.63) is 72.1 Å². The number of aromatic nitrogens is 2. The lowest BCUT2D eigenvalue weighted by Crippen LogP contribution is -2.18. The molecule has 1 aromatic heterocycles. The number of para-hydroxylation sites is 1. The van der Waals surface area contributed by atoms with Crippen LogP contribution in [-0.2, 0) is 17.1 Å². The van der Waals surface area contributed by atoms with Crippen LogP contribution in [0.3, 0.4) is 0 Å². The highest BCUT2D eigenvalue weighted by molar-refractivity contribution is 7.89. The van der Waals surface area contributed by atoms with Crippen LogP contribution in [0.4, 0.5) is 5.69 Å². The topological polar surface area (TPSA) is 114 Å². The largest absolute Gasteiger partial charge is 0.507 e. The third kappa shape index (κ3) is 3.37. The van der Waals surface area contributed by atoms with Gasteiger partial charge in [0.2, 0.25) is 10.0 Å². The quantitative estimate of drug-likeness (QED) is 0.700. The van der Waals surface area contributed by atoms with Crippen LogP contribution in [0.25, 0.3) is 0 Å². The Balaban J connectivity index is 1.76. The molecule has 8 nitrogen and oxygen atoms in total. The normalized spacial score (nSPS) is 17.0. The van der Waals surface area contributed by atoms with E-state index in [9.17, 15) is 13.5 Å². The lowest BCUT2D eigenvalue weighted by Gasteiger charge is -2.22. The molecule has 28 heavy (non-hydrogen) atoms. The summed E-state index contributed by atoms with van der Waals surface area (Å²) >= 11 is 0. The van der Waals surface area contributed by atoms with Crippen molar-refractivity contribution in [1.82, 2.24) is 9.78 Å². The summed E-state index contributed by atoms with van der Waals surface area (Å²) < 4.78 is 24.8. The average molecular weight is 397 g/mol. The van der Waals surface area contributed by atoms with Gasteiger partial charge in [0.05, 0.1) is 28.5 Å². The molecular weight excluding hydrogens is 378 g/mol. The number of hydrogen-bond donors (Lipinski definition) is 2. The number of aryl methyl sites for hydroxylation is 1. The number of anilines is 1. The molecule has 4 rings (SSSR count). The van der Waals surface area contributed by atoms with Gasteiger partial charge in [-0.15, -0.1) is 0 Å². The molecule has 1 atom stereocenters. The summed E-state index contributed by atoms with van der Waals surface area (Å²) in [7, 11) is -1.92. The van der Waals surface area contributed by atoms with Gasteiger partial charge in [0.15, 0.2) is 0 Å². The predicted octanol–water partition coefficient (Wildman–Crippen LogP) is 2.13. The van der Waals surface area contributed by atoms with Crippen LogP contribution in [0.15, 0.2) is 70.9 Å². The van der Waals surface area contributed by atoms with Crippen molar-refractivity contribution in [2.24, 2.45) is 17.3 Å².